The maximum atomic E-state index is 13.5. The molecule has 0 aromatic heterocycles. The number of hydrogen-bond donors (Lipinski definition) is 2. The van der Waals surface area contributed by atoms with E-state index in [1.165, 1.54) is 22.3 Å². The van der Waals surface area contributed by atoms with Crippen molar-refractivity contribution in [3.63, 3.8) is 0 Å². The molecule has 0 bridgehead atoms. The molecular formula is C24H27F4N3O2. The Morgan fingerprint density at radius 1 is 1.03 bits per heavy atom. The number of rotatable bonds is 6. The normalized spacial score (nSPS) is 16.6. The predicted octanol–water partition coefficient (Wildman–Crippen LogP) is 3.89. The van der Waals surface area contributed by atoms with Crippen LogP contribution in [0.5, 0.6) is 0 Å². The molecule has 0 spiro atoms. The number of hydrogen-bond acceptors (Lipinski definition) is 3. The maximum absolute atomic E-state index is 13.5. The molecule has 3 rings (SSSR count). The molecule has 2 aromatic rings. The molecule has 2 N–H and O–H groups in total. The second kappa shape index (κ2) is 9.91. The molecule has 9 heteroatoms. The number of amides is 2. The fourth-order valence-corrected chi connectivity index (χ4v) is 3.95. The lowest BCUT2D eigenvalue weighted by Crippen LogP contribution is -2.43. The zero-order chi connectivity index (χ0) is 24.3. The van der Waals surface area contributed by atoms with Gasteiger partial charge in [0.15, 0.2) is 0 Å². The van der Waals surface area contributed by atoms with Gasteiger partial charge in [0, 0.05) is 31.2 Å². The molecule has 1 heterocycles. The topological polar surface area (TPSA) is 61.4 Å². The standard InChI is InChI=1S/C24H27F4N3O2/c1-14-6-16(3)18(7-15(14)2)12-31-5-4-21(13-31)30-22(32)11-29-23(33)17-8-19(24(26,27)28)10-20(25)9-17/h6-10,21H,4-5,11-13H2,1-3H3,(H,29,33)(H,30,32)/t21-/m1/s1. The second-order valence-corrected chi connectivity index (χ2v) is 8.56. The van der Waals surface area contributed by atoms with Gasteiger partial charge in [0.1, 0.15) is 5.82 Å². The largest absolute Gasteiger partial charge is 0.416 e. The summed E-state index contributed by atoms with van der Waals surface area (Å²) in [5.41, 5.74) is 3.19. The molecule has 1 saturated heterocycles. The van der Waals surface area contributed by atoms with E-state index < -0.39 is 41.5 Å². The van der Waals surface area contributed by atoms with Crippen LogP contribution in [-0.2, 0) is 17.5 Å². The fourth-order valence-electron chi connectivity index (χ4n) is 3.95. The Kier molecular flexibility index (Phi) is 7.41. The first-order valence-electron chi connectivity index (χ1n) is 10.7. The SMILES string of the molecule is Cc1cc(C)c(CN2CC[C@@H](NC(=O)CNC(=O)c3cc(F)cc(C(F)(F)F)c3)C2)cc1C. The Hall–Kier alpha value is -2.94. The second-order valence-electron chi connectivity index (χ2n) is 8.56. The molecule has 5 nitrogen and oxygen atoms in total. The number of benzene rings is 2. The molecule has 1 aliphatic heterocycles. The third-order valence-corrected chi connectivity index (χ3v) is 5.88. The van der Waals surface area contributed by atoms with Crippen LogP contribution >= 0.6 is 0 Å². The Morgan fingerprint density at radius 2 is 1.73 bits per heavy atom. The Balaban J connectivity index is 1.49. The summed E-state index contributed by atoms with van der Waals surface area (Å²) >= 11 is 0. The zero-order valence-electron chi connectivity index (χ0n) is 18.8. The van der Waals surface area contributed by atoms with E-state index in [9.17, 15) is 27.2 Å². The number of halogens is 4. The van der Waals surface area contributed by atoms with Gasteiger partial charge in [-0.1, -0.05) is 12.1 Å². The molecule has 0 unspecified atom stereocenters. The monoisotopic (exact) mass is 465 g/mol. The van der Waals surface area contributed by atoms with Crippen LogP contribution in [0.25, 0.3) is 0 Å². The minimum Gasteiger partial charge on any atom is -0.350 e. The number of aryl methyl sites for hydroxylation is 3. The third kappa shape index (κ3) is 6.54. The summed E-state index contributed by atoms with van der Waals surface area (Å²) < 4.78 is 51.9. The molecule has 33 heavy (non-hydrogen) atoms. The molecule has 0 aliphatic carbocycles. The molecule has 2 aromatic carbocycles. The smallest absolute Gasteiger partial charge is 0.350 e. The van der Waals surface area contributed by atoms with Crippen molar-refractivity contribution < 1.29 is 27.2 Å². The van der Waals surface area contributed by atoms with Gasteiger partial charge in [-0.05, 0) is 67.6 Å². The summed E-state index contributed by atoms with van der Waals surface area (Å²) in [5, 5.41) is 5.08. The summed E-state index contributed by atoms with van der Waals surface area (Å²) in [7, 11) is 0. The first kappa shape index (κ1) is 24.7. The van der Waals surface area contributed by atoms with Crippen LogP contribution in [0.3, 0.4) is 0 Å². The number of carbonyl (C=O) groups is 2. The van der Waals surface area contributed by atoms with Gasteiger partial charge in [-0.2, -0.15) is 13.2 Å². The maximum Gasteiger partial charge on any atom is 0.416 e. The van der Waals surface area contributed by atoms with Crippen LogP contribution < -0.4 is 10.6 Å². The highest BCUT2D eigenvalue weighted by atomic mass is 19.4. The van der Waals surface area contributed by atoms with E-state index in [1.54, 1.807) is 0 Å². The van der Waals surface area contributed by atoms with Crippen molar-refractivity contribution in [2.75, 3.05) is 19.6 Å². The highest BCUT2D eigenvalue weighted by Gasteiger charge is 2.32. The fraction of sp³-hybridized carbons (Fsp3) is 0.417. The van der Waals surface area contributed by atoms with Gasteiger partial charge in [-0.3, -0.25) is 14.5 Å². The average Bonchev–Trinajstić information content (AvgIpc) is 3.15. The number of alkyl halides is 3. The molecule has 1 atom stereocenters. The summed E-state index contributed by atoms with van der Waals surface area (Å²) in [6, 6.07) is 5.83. The first-order valence-corrected chi connectivity index (χ1v) is 10.7. The van der Waals surface area contributed by atoms with Gasteiger partial charge in [0.05, 0.1) is 12.1 Å². The van der Waals surface area contributed by atoms with Gasteiger partial charge in [-0.25, -0.2) is 4.39 Å². The summed E-state index contributed by atoms with van der Waals surface area (Å²) in [6.07, 6.45) is -4.03. The van der Waals surface area contributed by atoms with Gasteiger partial charge in [0.2, 0.25) is 5.91 Å². The summed E-state index contributed by atoms with van der Waals surface area (Å²) in [6.45, 7) is 8.07. The summed E-state index contributed by atoms with van der Waals surface area (Å²) in [5.74, 6) is -2.58. The van der Waals surface area contributed by atoms with Gasteiger partial charge in [0.25, 0.3) is 5.91 Å². The van der Waals surface area contributed by atoms with Crippen LogP contribution in [0.2, 0.25) is 0 Å². The molecular weight excluding hydrogens is 438 g/mol. The Morgan fingerprint density at radius 3 is 2.42 bits per heavy atom. The van der Waals surface area contributed by atoms with Crippen molar-refractivity contribution in [1.29, 1.82) is 0 Å². The lowest BCUT2D eigenvalue weighted by atomic mass is 10.0. The Bertz CT molecular complexity index is 1050. The lowest BCUT2D eigenvalue weighted by Gasteiger charge is -2.19. The van der Waals surface area contributed by atoms with Crippen molar-refractivity contribution >= 4 is 11.8 Å². The average molecular weight is 465 g/mol. The quantitative estimate of drug-likeness (QED) is 0.637. The van der Waals surface area contributed by atoms with Crippen LogP contribution in [0.1, 0.15) is 44.6 Å². The van der Waals surface area contributed by atoms with E-state index in [4.69, 9.17) is 0 Å². The van der Waals surface area contributed by atoms with Crippen LogP contribution in [-0.4, -0.2) is 42.4 Å². The molecule has 2 amide bonds. The van der Waals surface area contributed by atoms with Gasteiger partial charge < -0.3 is 10.6 Å². The lowest BCUT2D eigenvalue weighted by molar-refractivity contribution is -0.137. The van der Waals surface area contributed by atoms with Crippen molar-refractivity contribution in [3.05, 3.63) is 69.5 Å². The van der Waals surface area contributed by atoms with E-state index >= 15 is 0 Å². The van der Waals surface area contributed by atoms with E-state index in [2.05, 4.69) is 48.4 Å². The number of carbonyl (C=O) groups excluding carboxylic acids is 2. The van der Waals surface area contributed by atoms with Crippen molar-refractivity contribution in [2.45, 2.75) is 46.0 Å². The summed E-state index contributed by atoms with van der Waals surface area (Å²) in [4.78, 5) is 26.6. The molecule has 0 saturated carbocycles. The van der Waals surface area contributed by atoms with E-state index in [0.717, 1.165) is 19.5 Å². The van der Waals surface area contributed by atoms with Crippen LogP contribution in [0.15, 0.2) is 30.3 Å². The van der Waals surface area contributed by atoms with Crippen LogP contribution in [0.4, 0.5) is 17.6 Å². The van der Waals surface area contributed by atoms with Gasteiger partial charge >= 0.3 is 6.18 Å². The Labute approximate surface area is 190 Å². The van der Waals surface area contributed by atoms with E-state index in [0.29, 0.717) is 24.7 Å². The van der Waals surface area contributed by atoms with Crippen molar-refractivity contribution in [2.24, 2.45) is 0 Å². The van der Waals surface area contributed by atoms with E-state index in [1.807, 2.05) is 0 Å². The van der Waals surface area contributed by atoms with E-state index in [-0.39, 0.29) is 6.04 Å². The first-order chi connectivity index (χ1) is 15.4. The van der Waals surface area contributed by atoms with Crippen molar-refractivity contribution in [3.8, 4) is 0 Å². The highest BCUT2D eigenvalue weighted by molar-refractivity contribution is 5.96. The minimum absolute atomic E-state index is 0.0905. The number of likely N-dealkylation sites (tertiary alicyclic amines) is 1. The molecule has 1 aliphatic rings. The molecule has 0 radical (unpaired) electrons. The van der Waals surface area contributed by atoms with Crippen LogP contribution in [0, 0.1) is 26.6 Å². The minimum atomic E-state index is -4.78. The predicted molar refractivity (Wildman–Crippen MR) is 116 cm³/mol. The van der Waals surface area contributed by atoms with Crippen molar-refractivity contribution in [1.82, 2.24) is 15.5 Å². The zero-order valence-corrected chi connectivity index (χ0v) is 18.8. The number of nitrogens with zero attached hydrogens (tertiary/aromatic N) is 1. The molecule has 178 valence electrons. The highest BCUT2D eigenvalue weighted by Crippen LogP contribution is 2.30. The van der Waals surface area contributed by atoms with Gasteiger partial charge in [-0.15, -0.1) is 0 Å². The molecule has 1 fully saturated rings. The number of nitrogens with one attached hydrogen (secondary N) is 2. The third-order valence-electron chi connectivity index (χ3n) is 5.88.